The molecule has 0 bridgehead atoms. The monoisotopic (exact) mass is 184 g/mol. The Labute approximate surface area is 72.6 Å². The van der Waals surface area contributed by atoms with Gasteiger partial charge in [0.25, 0.3) is 0 Å². The summed E-state index contributed by atoms with van der Waals surface area (Å²) in [5.74, 6) is 0. The summed E-state index contributed by atoms with van der Waals surface area (Å²) in [6.45, 7) is 0. The molecule has 0 aliphatic carbocycles. The third kappa shape index (κ3) is 0.968. The van der Waals surface area contributed by atoms with E-state index in [0.29, 0.717) is 10.7 Å². The van der Waals surface area contributed by atoms with Crippen LogP contribution in [0.4, 0.5) is 5.69 Å². The lowest BCUT2D eigenvalue weighted by Crippen LogP contribution is -1.86. The fourth-order valence-electron chi connectivity index (χ4n) is 0.928. The molecule has 0 aliphatic heterocycles. The maximum Gasteiger partial charge on any atom is 0.106 e. The van der Waals surface area contributed by atoms with E-state index >= 15 is 0 Å². The summed E-state index contributed by atoms with van der Waals surface area (Å²) in [4.78, 5) is 4.09. The summed E-state index contributed by atoms with van der Waals surface area (Å²) >= 11 is 7.34. The lowest BCUT2D eigenvalue weighted by molar-refractivity contribution is 1.50. The average Bonchev–Trinajstić information content (AvgIpc) is 2.45. The molecule has 11 heavy (non-hydrogen) atoms. The number of anilines is 1. The van der Waals surface area contributed by atoms with Gasteiger partial charge in [0.1, 0.15) is 5.52 Å². The number of nitrogens with two attached hydrogens (primary N) is 1. The molecule has 0 atom stereocenters. The molecule has 0 fully saturated rings. The summed E-state index contributed by atoms with van der Waals surface area (Å²) in [5, 5.41) is 0.573. The van der Waals surface area contributed by atoms with Crippen LogP contribution in [0.1, 0.15) is 0 Å². The molecule has 0 spiro atoms. The van der Waals surface area contributed by atoms with Crippen LogP contribution in [-0.2, 0) is 0 Å². The minimum absolute atomic E-state index is 0.573. The Morgan fingerprint density at radius 1 is 1.45 bits per heavy atom. The van der Waals surface area contributed by atoms with Crippen molar-refractivity contribution in [2.24, 2.45) is 0 Å². The Hall–Kier alpha value is -0.800. The highest BCUT2D eigenvalue weighted by atomic mass is 35.5. The Morgan fingerprint density at radius 2 is 2.27 bits per heavy atom. The van der Waals surface area contributed by atoms with Gasteiger partial charge in [-0.25, -0.2) is 4.98 Å². The first-order valence-electron chi connectivity index (χ1n) is 3.06. The molecular weight excluding hydrogens is 180 g/mol. The predicted octanol–water partition coefficient (Wildman–Crippen LogP) is 2.53. The normalized spacial score (nSPS) is 10.6. The van der Waals surface area contributed by atoms with E-state index in [4.69, 9.17) is 17.3 Å². The summed E-state index contributed by atoms with van der Waals surface area (Å²) in [6, 6.07) is 3.71. The number of nitrogens with zero attached hydrogens (tertiary/aromatic N) is 1. The molecule has 4 heteroatoms. The highest BCUT2D eigenvalue weighted by molar-refractivity contribution is 7.16. The van der Waals surface area contributed by atoms with E-state index < -0.39 is 0 Å². The van der Waals surface area contributed by atoms with Crippen molar-refractivity contribution in [3.05, 3.63) is 22.7 Å². The number of nitrogen functional groups attached to an aromatic ring is 1. The van der Waals surface area contributed by atoms with Crippen LogP contribution in [0, 0.1) is 0 Å². The largest absolute Gasteiger partial charge is 0.396 e. The van der Waals surface area contributed by atoms with Gasteiger partial charge in [-0.2, -0.15) is 0 Å². The summed E-state index contributed by atoms with van der Waals surface area (Å²) < 4.78 is 1.08. The Kier molecular flexibility index (Phi) is 1.47. The van der Waals surface area contributed by atoms with E-state index in [1.165, 1.54) is 0 Å². The molecule has 0 saturated carbocycles. The zero-order valence-electron chi connectivity index (χ0n) is 5.54. The SMILES string of the molecule is Nc1c(Cl)ccc2scnc12. The van der Waals surface area contributed by atoms with Crippen LogP contribution < -0.4 is 5.73 Å². The van der Waals surface area contributed by atoms with Crippen LogP contribution in [0.15, 0.2) is 17.6 Å². The van der Waals surface area contributed by atoms with Crippen molar-refractivity contribution in [1.29, 1.82) is 0 Å². The van der Waals surface area contributed by atoms with Gasteiger partial charge in [-0.1, -0.05) is 11.6 Å². The number of rotatable bonds is 0. The minimum Gasteiger partial charge on any atom is -0.396 e. The zero-order chi connectivity index (χ0) is 7.84. The van der Waals surface area contributed by atoms with E-state index in [0.717, 1.165) is 10.2 Å². The highest BCUT2D eigenvalue weighted by Gasteiger charge is 2.03. The van der Waals surface area contributed by atoms with Gasteiger partial charge in [-0.3, -0.25) is 0 Å². The van der Waals surface area contributed by atoms with E-state index in [1.54, 1.807) is 22.9 Å². The molecular formula is C7H5ClN2S. The number of benzene rings is 1. The molecule has 56 valence electrons. The number of hydrogen-bond acceptors (Lipinski definition) is 3. The third-order valence-corrected chi connectivity index (χ3v) is 2.61. The predicted molar refractivity (Wildman–Crippen MR) is 49.0 cm³/mol. The van der Waals surface area contributed by atoms with Crippen molar-refractivity contribution >= 4 is 38.8 Å². The number of fused-ring (bicyclic) bond motifs is 1. The zero-order valence-corrected chi connectivity index (χ0v) is 7.12. The van der Waals surface area contributed by atoms with Crippen LogP contribution >= 0.6 is 22.9 Å². The minimum atomic E-state index is 0.573. The maximum atomic E-state index is 5.78. The van der Waals surface area contributed by atoms with Gasteiger partial charge >= 0.3 is 0 Å². The van der Waals surface area contributed by atoms with Crippen molar-refractivity contribution in [1.82, 2.24) is 4.98 Å². The standard InChI is InChI=1S/C7H5ClN2S/c8-4-1-2-5-7(6(4)9)10-3-11-5/h1-3H,9H2. The fraction of sp³-hybridized carbons (Fsp3) is 0. The summed E-state index contributed by atoms with van der Waals surface area (Å²) in [6.07, 6.45) is 0. The van der Waals surface area contributed by atoms with Crippen molar-refractivity contribution in [3.63, 3.8) is 0 Å². The van der Waals surface area contributed by atoms with E-state index in [1.807, 2.05) is 6.07 Å². The molecule has 0 aliphatic rings. The molecule has 1 aromatic carbocycles. The van der Waals surface area contributed by atoms with E-state index in [-0.39, 0.29) is 0 Å². The lowest BCUT2D eigenvalue weighted by atomic mass is 10.3. The van der Waals surface area contributed by atoms with Gasteiger partial charge in [0.05, 0.1) is 20.9 Å². The first kappa shape index (κ1) is 6.88. The van der Waals surface area contributed by atoms with Crippen LogP contribution in [0.5, 0.6) is 0 Å². The number of hydrogen-bond donors (Lipinski definition) is 1. The smallest absolute Gasteiger partial charge is 0.106 e. The molecule has 0 saturated heterocycles. The molecule has 0 amide bonds. The van der Waals surface area contributed by atoms with Gasteiger partial charge < -0.3 is 5.73 Å². The summed E-state index contributed by atoms with van der Waals surface area (Å²) in [5.41, 5.74) is 8.82. The number of aromatic nitrogens is 1. The molecule has 0 radical (unpaired) electrons. The van der Waals surface area contributed by atoms with Crippen LogP contribution in [0.2, 0.25) is 5.02 Å². The van der Waals surface area contributed by atoms with Crippen LogP contribution in [-0.4, -0.2) is 4.98 Å². The average molecular weight is 185 g/mol. The lowest BCUT2D eigenvalue weighted by Gasteiger charge is -1.96. The Balaban J connectivity index is 2.93. The fourth-order valence-corrected chi connectivity index (χ4v) is 1.77. The Morgan fingerprint density at radius 3 is 3.09 bits per heavy atom. The molecule has 2 N–H and O–H groups in total. The van der Waals surface area contributed by atoms with Crippen LogP contribution in [0.3, 0.4) is 0 Å². The number of halogens is 1. The van der Waals surface area contributed by atoms with E-state index in [2.05, 4.69) is 4.98 Å². The molecule has 2 rings (SSSR count). The second-order valence-electron chi connectivity index (χ2n) is 2.16. The van der Waals surface area contributed by atoms with Gasteiger partial charge in [0.15, 0.2) is 0 Å². The van der Waals surface area contributed by atoms with Crippen molar-refractivity contribution in [3.8, 4) is 0 Å². The topological polar surface area (TPSA) is 38.9 Å². The quantitative estimate of drug-likeness (QED) is 0.639. The van der Waals surface area contributed by atoms with Crippen molar-refractivity contribution in [2.45, 2.75) is 0 Å². The van der Waals surface area contributed by atoms with Crippen molar-refractivity contribution < 1.29 is 0 Å². The first-order valence-corrected chi connectivity index (χ1v) is 4.32. The highest BCUT2D eigenvalue weighted by Crippen LogP contribution is 2.29. The molecule has 2 nitrogen and oxygen atoms in total. The van der Waals surface area contributed by atoms with Gasteiger partial charge in [-0.05, 0) is 12.1 Å². The second kappa shape index (κ2) is 2.36. The van der Waals surface area contributed by atoms with E-state index in [9.17, 15) is 0 Å². The first-order chi connectivity index (χ1) is 5.29. The summed E-state index contributed by atoms with van der Waals surface area (Å²) in [7, 11) is 0. The van der Waals surface area contributed by atoms with Crippen molar-refractivity contribution in [2.75, 3.05) is 5.73 Å². The third-order valence-electron chi connectivity index (χ3n) is 1.49. The molecule has 2 aromatic rings. The van der Waals surface area contributed by atoms with Gasteiger partial charge in [0, 0.05) is 0 Å². The maximum absolute atomic E-state index is 5.78. The number of thiazole rings is 1. The van der Waals surface area contributed by atoms with Gasteiger partial charge in [0.2, 0.25) is 0 Å². The van der Waals surface area contributed by atoms with Crippen LogP contribution in [0.25, 0.3) is 10.2 Å². The second-order valence-corrected chi connectivity index (χ2v) is 3.45. The van der Waals surface area contributed by atoms with Gasteiger partial charge in [-0.15, -0.1) is 11.3 Å². The Bertz CT molecular complexity index is 396. The molecule has 0 unspecified atom stereocenters. The molecule has 1 aromatic heterocycles. The molecule has 1 heterocycles.